The first-order valence-corrected chi connectivity index (χ1v) is 19.9. The summed E-state index contributed by atoms with van der Waals surface area (Å²) in [6.07, 6.45) is 0. The third-order valence-corrected chi connectivity index (χ3v) is 11.5. The Hall–Kier alpha value is -8.02. The van der Waals surface area contributed by atoms with Gasteiger partial charge in [-0.3, -0.25) is 0 Å². The van der Waals surface area contributed by atoms with Gasteiger partial charge in [-0.25, -0.2) is 9.97 Å². The van der Waals surface area contributed by atoms with E-state index in [1.807, 2.05) is 24.3 Å². The molecule has 0 N–H and O–H groups in total. The molecule has 0 aliphatic heterocycles. The van der Waals surface area contributed by atoms with Crippen LogP contribution in [0.4, 0.5) is 0 Å². The van der Waals surface area contributed by atoms with Crippen LogP contribution in [0.3, 0.4) is 0 Å². The Bertz CT molecular complexity index is 3300. The number of benzene rings is 8. The van der Waals surface area contributed by atoms with Crippen LogP contribution < -0.4 is 0 Å². The van der Waals surface area contributed by atoms with E-state index < -0.39 is 0 Å². The van der Waals surface area contributed by atoms with Crippen LogP contribution in [-0.4, -0.2) is 19.1 Å². The molecule has 0 spiro atoms. The second-order valence-electron chi connectivity index (χ2n) is 15.0. The zero-order chi connectivity index (χ0) is 38.9. The van der Waals surface area contributed by atoms with Crippen LogP contribution in [-0.2, 0) is 0 Å². The average Bonchev–Trinajstić information content (AvgIpc) is 4.00. The molecule has 0 bridgehead atoms. The highest BCUT2D eigenvalue weighted by molar-refractivity contribution is 6.10. The lowest BCUT2D eigenvalue weighted by Gasteiger charge is -2.16. The van der Waals surface area contributed by atoms with E-state index in [-0.39, 0.29) is 0 Å². The number of para-hydroxylation sites is 5. The van der Waals surface area contributed by atoms with Gasteiger partial charge in [0.2, 0.25) is 0 Å². The van der Waals surface area contributed by atoms with Gasteiger partial charge in [0.25, 0.3) is 0 Å². The van der Waals surface area contributed by atoms with Crippen LogP contribution >= 0.6 is 0 Å². The normalized spacial score (nSPS) is 11.7. The molecule has 12 rings (SSSR count). The number of hydrogen-bond acceptors (Lipinski definition) is 3. The van der Waals surface area contributed by atoms with Crippen LogP contribution in [0.15, 0.2) is 211 Å². The minimum atomic E-state index is 0.602. The molecular formula is C54H34N4O. The van der Waals surface area contributed by atoms with Crippen molar-refractivity contribution in [2.24, 2.45) is 0 Å². The lowest BCUT2D eigenvalue weighted by molar-refractivity contribution is 0.628. The highest BCUT2D eigenvalue weighted by Gasteiger charge is 2.21. The Morgan fingerprint density at radius 1 is 0.356 bits per heavy atom. The van der Waals surface area contributed by atoms with Crippen LogP contribution in [0.5, 0.6) is 0 Å². The maximum absolute atomic E-state index is 6.51. The largest absolute Gasteiger partial charge is 0.454 e. The van der Waals surface area contributed by atoms with Crippen molar-refractivity contribution in [1.29, 1.82) is 0 Å². The van der Waals surface area contributed by atoms with E-state index in [2.05, 4.69) is 191 Å². The van der Waals surface area contributed by atoms with Crippen molar-refractivity contribution in [2.75, 3.05) is 0 Å². The first-order chi connectivity index (χ1) is 29.2. The van der Waals surface area contributed by atoms with Gasteiger partial charge in [-0.2, -0.15) is 0 Å². The van der Waals surface area contributed by atoms with E-state index in [4.69, 9.17) is 14.4 Å². The molecule has 8 aromatic carbocycles. The number of hydrogen-bond donors (Lipinski definition) is 0. The monoisotopic (exact) mass is 754 g/mol. The molecule has 0 radical (unpaired) electrons. The molecule has 5 heteroatoms. The lowest BCUT2D eigenvalue weighted by atomic mass is 9.97. The highest BCUT2D eigenvalue weighted by Crippen LogP contribution is 2.40. The summed E-state index contributed by atoms with van der Waals surface area (Å²) in [6, 6.07) is 72.6. The summed E-state index contributed by atoms with van der Waals surface area (Å²) in [7, 11) is 0. The molecule has 4 heterocycles. The second-order valence-corrected chi connectivity index (χ2v) is 15.0. The molecule has 12 aromatic rings. The Kier molecular flexibility index (Phi) is 7.47. The van der Waals surface area contributed by atoms with E-state index in [0.717, 1.165) is 72.4 Å². The van der Waals surface area contributed by atoms with E-state index in [1.54, 1.807) is 0 Å². The van der Waals surface area contributed by atoms with E-state index in [1.165, 1.54) is 21.5 Å². The van der Waals surface area contributed by atoms with Gasteiger partial charge in [0, 0.05) is 49.4 Å². The molecule has 5 nitrogen and oxygen atoms in total. The van der Waals surface area contributed by atoms with Crippen LogP contribution in [0.2, 0.25) is 0 Å². The molecule has 276 valence electrons. The molecule has 0 saturated heterocycles. The van der Waals surface area contributed by atoms with Crippen molar-refractivity contribution in [1.82, 2.24) is 19.1 Å². The van der Waals surface area contributed by atoms with Crippen molar-refractivity contribution >= 4 is 54.6 Å². The quantitative estimate of drug-likeness (QED) is 0.170. The van der Waals surface area contributed by atoms with Gasteiger partial charge in [0.1, 0.15) is 11.3 Å². The summed E-state index contributed by atoms with van der Waals surface area (Å²) >= 11 is 0. The summed E-state index contributed by atoms with van der Waals surface area (Å²) < 4.78 is 11.3. The molecule has 0 unspecified atom stereocenters. The fraction of sp³-hybridized carbons (Fsp3) is 0. The number of fused-ring (bicyclic) bond motifs is 7. The SMILES string of the molecule is c1ccc(-c2ccccc2-c2cc(-c3cc4ccccc4o3)nc(-c3cc(-n4c5ccccc5c5ccccc54)cc(-n4c5ccccc5c5ccccc54)c3)n2)cc1. The first-order valence-electron chi connectivity index (χ1n) is 19.9. The highest BCUT2D eigenvalue weighted by atomic mass is 16.3. The summed E-state index contributed by atoms with van der Waals surface area (Å²) in [4.78, 5) is 10.8. The Morgan fingerprint density at radius 3 is 1.41 bits per heavy atom. The van der Waals surface area contributed by atoms with Crippen LogP contribution in [0.1, 0.15) is 0 Å². The number of aromatic nitrogens is 4. The zero-order valence-corrected chi connectivity index (χ0v) is 31.8. The fourth-order valence-corrected chi connectivity index (χ4v) is 8.91. The van der Waals surface area contributed by atoms with Crippen molar-refractivity contribution in [3.63, 3.8) is 0 Å². The Labute approximate surface area is 339 Å². The van der Waals surface area contributed by atoms with Crippen molar-refractivity contribution < 1.29 is 4.42 Å². The van der Waals surface area contributed by atoms with E-state index in [0.29, 0.717) is 17.3 Å². The molecule has 4 aromatic heterocycles. The molecular weight excluding hydrogens is 721 g/mol. The molecule has 0 fully saturated rings. The van der Waals surface area contributed by atoms with Crippen molar-refractivity contribution in [2.45, 2.75) is 0 Å². The van der Waals surface area contributed by atoms with Gasteiger partial charge in [-0.05, 0) is 71.8 Å². The maximum atomic E-state index is 6.51. The van der Waals surface area contributed by atoms with Crippen molar-refractivity contribution in [3.05, 3.63) is 206 Å². The second kappa shape index (κ2) is 13.3. The third kappa shape index (κ3) is 5.40. The van der Waals surface area contributed by atoms with Gasteiger partial charge in [0.05, 0.1) is 27.8 Å². The van der Waals surface area contributed by atoms with Gasteiger partial charge < -0.3 is 13.6 Å². The predicted molar refractivity (Wildman–Crippen MR) is 242 cm³/mol. The predicted octanol–water partition coefficient (Wildman–Crippen LogP) is 14.1. The summed E-state index contributed by atoms with van der Waals surface area (Å²) in [5.41, 5.74) is 13.0. The molecule has 59 heavy (non-hydrogen) atoms. The fourth-order valence-electron chi connectivity index (χ4n) is 8.91. The molecule has 0 aliphatic rings. The molecule has 0 atom stereocenters. The standard InChI is InChI=1S/C54H34N4O/c1-2-16-35(17-3-1)40-19-5-6-20-41(40)46-34-47(53-32-36-18-4-15-29-52(36)59-53)56-54(55-46)37-30-38(57-48-25-11-7-21-42(48)43-22-8-12-26-49(43)57)33-39(31-37)58-50-27-13-9-23-44(50)45-24-10-14-28-51(45)58/h1-34H. The topological polar surface area (TPSA) is 48.8 Å². The number of furan rings is 1. The van der Waals surface area contributed by atoms with Gasteiger partial charge in [0.15, 0.2) is 11.6 Å². The van der Waals surface area contributed by atoms with E-state index in [9.17, 15) is 0 Å². The summed E-state index contributed by atoms with van der Waals surface area (Å²) in [5, 5.41) is 5.84. The minimum absolute atomic E-state index is 0.602. The van der Waals surface area contributed by atoms with Crippen LogP contribution in [0.25, 0.3) is 111 Å². The first kappa shape index (κ1) is 33.2. The molecule has 0 saturated carbocycles. The summed E-state index contributed by atoms with van der Waals surface area (Å²) in [6.45, 7) is 0. The van der Waals surface area contributed by atoms with E-state index >= 15 is 0 Å². The van der Waals surface area contributed by atoms with Gasteiger partial charge >= 0.3 is 0 Å². The number of nitrogens with zero attached hydrogens (tertiary/aromatic N) is 4. The zero-order valence-electron chi connectivity index (χ0n) is 31.8. The molecule has 0 amide bonds. The average molecular weight is 755 g/mol. The summed E-state index contributed by atoms with van der Waals surface area (Å²) in [5.74, 6) is 1.29. The third-order valence-electron chi connectivity index (χ3n) is 11.5. The van der Waals surface area contributed by atoms with Gasteiger partial charge in [-0.15, -0.1) is 0 Å². The molecule has 0 aliphatic carbocycles. The maximum Gasteiger partial charge on any atom is 0.160 e. The Morgan fingerprint density at radius 2 is 0.831 bits per heavy atom. The van der Waals surface area contributed by atoms with Crippen molar-refractivity contribution in [3.8, 4) is 56.6 Å². The lowest BCUT2D eigenvalue weighted by Crippen LogP contribution is -2.02. The minimum Gasteiger partial charge on any atom is -0.454 e. The Balaban J connectivity index is 1.17. The van der Waals surface area contributed by atoms with Crippen LogP contribution in [0, 0.1) is 0 Å². The van der Waals surface area contributed by atoms with Gasteiger partial charge in [-0.1, -0.05) is 146 Å². The smallest absolute Gasteiger partial charge is 0.160 e. The number of rotatable bonds is 6.